The first-order valence-corrected chi connectivity index (χ1v) is 10.4. The fraction of sp³-hybridized carbons (Fsp3) is 0.435. The maximum absolute atomic E-state index is 13.0. The smallest absolute Gasteiger partial charge is 0.233 e. The summed E-state index contributed by atoms with van der Waals surface area (Å²) in [5, 5.41) is 6.01. The minimum Gasteiger partial charge on any atom is -0.379 e. The summed E-state index contributed by atoms with van der Waals surface area (Å²) < 4.78 is 7.45. The van der Waals surface area contributed by atoms with E-state index in [9.17, 15) is 4.79 Å². The predicted molar refractivity (Wildman–Crippen MR) is 109 cm³/mol. The molecule has 0 radical (unpaired) electrons. The second-order valence-corrected chi connectivity index (χ2v) is 9.12. The number of pyridine rings is 1. The third-order valence-electron chi connectivity index (χ3n) is 7.01. The lowest BCUT2D eigenvalue weighted by Gasteiger charge is -2.39. The first-order chi connectivity index (χ1) is 14.1. The van der Waals surface area contributed by atoms with E-state index < -0.39 is 0 Å². The lowest BCUT2D eigenvalue weighted by molar-refractivity contribution is -0.167. The zero-order valence-electron chi connectivity index (χ0n) is 16.6. The maximum atomic E-state index is 13.0. The lowest BCUT2D eigenvalue weighted by atomic mass is 9.82. The molecule has 5 heterocycles. The van der Waals surface area contributed by atoms with Gasteiger partial charge >= 0.3 is 0 Å². The molecule has 2 aromatic heterocycles. The second kappa shape index (κ2) is 5.89. The fourth-order valence-corrected chi connectivity index (χ4v) is 5.19. The van der Waals surface area contributed by atoms with Crippen LogP contribution in [-0.2, 0) is 21.5 Å². The van der Waals surface area contributed by atoms with Crippen LogP contribution in [0, 0.1) is 5.41 Å². The minimum absolute atomic E-state index is 0.0339. The van der Waals surface area contributed by atoms with Crippen LogP contribution in [0.4, 0.5) is 0 Å². The summed E-state index contributed by atoms with van der Waals surface area (Å²) >= 11 is 0. The second-order valence-electron chi connectivity index (χ2n) is 9.12. The molecule has 0 saturated carbocycles. The molecular formula is C23H24N4O2. The topological polar surface area (TPSA) is 60.2 Å². The number of para-hydroxylation sites is 1. The number of rotatable bonds is 2. The molecule has 6 heteroatoms. The van der Waals surface area contributed by atoms with Crippen LogP contribution >= 0.6 is 0 Å². The van der Waals surface area contributed by atoms with Crippen LogP contribution in [0.3, 0.4) is 0 Å². The Hall–Kier alpha value is -2.73. The van der Waals surface area contributed by atoms with Crippen LogP contribution in [0.2, 0.25) is 0 Å². The molecule has 6 nitrogen and oxygen atoms in total. The minimum atomic E-state index is -0.327. The summed E-state index contributed by atoms with van der Waals surface area (Å²) in [6, 6.07) is 12.5. The van der Waals surface area contributed by atoms with Gasteiger partial charge in [0.15, 0.2) is 0 Å². The van der Waals surface area contributed by atoms with Crippen molar-refractivity contribution < 1.29 is 9.53 Å². The van der Waals surface area contributed by atoms with Crippen LogP contribution in [-0.4, -0.2) is 51.9 Å². The van der Waals surface area contributed by atoms with Gasteiger partial charge in [0.2, 0.25) is 5.91 Å². The van der Waals surface area contributed by atoms with Gasteiger partial charge in [0.05, 0.1) is 29.8 Å². The molecule has 1 unspecified atom stereocenters. The number of hydrogen-bond donors (Lipinski definition) is 0. The zero-order valence-corrected chi connectivity index (χ0v) is 16.6. The van der Waals surface area contributed by atoms with Crippen LogP contribution in [0.15, 0.2) is 42.6 Å². The number of nitrogens with zero attached hydrogens (tertiary/aromatic N) is 4. The summed E-state index contributed by atoms with van der Waals surface area (Å²) in [7, 11) is 0. The summed E-state index contributed by atoms with van der Waals surface area (Å²) in [5.74, 6) is 0.248. The number of hydrogen-bond acceptors (Lipinski definition) is 4. The molecule has 148 valence electrons. The van der Waals surface area contributed by atoms with Crippen molar-refractivity contribution in [2.75, 3.05) is 26.3 Å². The van der Waals surface area contributed by atoms with Crippen molar-refractivity contribution in [1.82, 2.24) is 19.7 Å². The molecule has 6 rings (SSSR count). The summed E-state index contributed by atoms with van der Waals surface area (Å²) in [6.45, 7) is 5.65. The normalized spacial score (nSPS) is 24.8. The molecule has 0 N–H and O–H groups in total. The van der Waals surface area contributed by atoms with Gasteiger partial charge in [0.1, 0.15) is 0 Å². The third kappa shape index (κ3) is 2.48. The number of carbonyl (C=O) groups excluding carboxylic acids is 1. The van der Waals surface area contributed by atoms with Gasteiger partial charge in [-0.1, -0.05) is 18.2 Å². The number of aryl methyl sites for hydroxylation is 1. The molecule has 2 saturated heterocycles. The molecule has 3 aromatic rings. The standard InChI is InChI=1S/C23H24N4O2/c1-22(14-29-15-22)21(28)26-8-6-23(13-26)7-9-27-20(23)11-19(25-27)17-10-16-4-2-3-5-18(16)24-12-17/h2-5,10-12H,6-9,13-15H2,1H3. The molecule has 0 bridgehead atoms. The SMILES string of the molecule is CC1(C(=O)N2CCC3(CCn4nc(-c5cnc6ccccc6c5)cc43)C2)COC1. The van der Waals surface area contributed by atoms with Crippen LogP contribution in [0.1, 0.15) is 25.5 Å². The van der Waals surface area contributed by atoms with Gasteiger partial charge in [-0.05, 0) is 38.0 Å². The summed E-state index contributed by atoms with van der Waals surface area (Å²) in [5.41, 5.74) is 3.99. The van der Waals surface area contributed by atoms with Crippen LogP contribution in [0.5, 0.6) is 0 Å². The average Bonchev–Trinajstić information content (AvgIpc) is 3.42. The Balaban J connectivity index is 1.31. The molecule has 3 aliphatic heterocycles. The quantitative estimate of drug-likeness (QED) is 0.677. The van der Waals surface area contributed by atoms with Gasteiger partial charge in [-0.3, -0.25) is 14.5 Å². The van der Waals surface area contributed by atoms with Crippen molar-refractivity contribution in [3.63, 3.8) is 0 Å². The molecule has 0 aliphatic carbocycles. The van der Waals surface area contributed by atoms with Crippen molar-refractivity contribution in [3.8, 4) is 11.3 Å². The maximum Gasteiger partial charge on any atom is 0.233 e. The predicted octanol–water partition coefficient (Wildman–Crippen LogP) is 3.01. The Kier molecular flexibility index (Phi) is 3.48. The van der Waals surface area contributed by atoms with E-state index in [1.807, 2.05) is 31.3 Å². The van der Waals surface area contributed by atoms with Gasteiger partial charge in [-0.2, -0.15) is 5.10 Å². The summed E-state index contributed by atoms with van der Waals surface area (Å²) in [6.07, 6.45) is 3.98. The fourth-order valence-electron chi connectivity index (χ4n) is 5.19. The third-order valence-corrected chi connectivity index (χ3v) is 7.01. The van der Waals surface area contributed by atoms with Crippen LogP contribution in [0.25, 0.3) is 22.2 Å². The van der Waals surface area contributed by atoms with Crippen molar-refractivity contribution in [3.05, 3.63) is 48.3 Å². The van der Waals surface area contributed by atoms with Gasteiger partial charge < -0.3 is 9.64 Å². The van der Waals surface area contributed by atoms with Crippen molar-refractivity contribution in [2.24, 2.45) is 5.41 Å². The van der Waals surface area contributed by atoms with E-state index in [0.717, 1.165) is 54.6 Å². The van der Waals surface area contributed by atoms with Crippen molar-refractivity contribution in [1.29, 1.82) is 0 Å². The van der Waals surface area contributed by atoms with Gasteiger partial charge in [-0.15, -0.1) is 0 Å². The zero-order chi connectivity index (χ0) is 19.6. The van der Waals surface area contributed by atoms with Crippen molar-refractivity contribution >= 4 is 16.8 Å². The van der Waals surface area contributed by atoms with Gasteiger partial charge in [0.25, 0.3) is 0 Å². The van der Waals surface area contributed by atoms with E-state index in [0.29, 0.717) is 13.2 Å². The Labute approximate surface area is 169 Å². The Morgan fingerprint density at radius 1 is 1.14 bits per heavy atom. The highest BCUT2D eigenvalue weighted by Gasteiger charge is 2.51. The number of carbonyl (C=O) groups is 1. The number of likely N-dealkylation sites (tertiary alicyclic amines) is 1. The number of fused-ring (bicyclic) bond motifs is 3. The number of aromatic nitrogens is 3. The van der Waals surface area contributed by atoms with E-state index in [1.165, 1.54) is 5.69 Å². The number of ether oxygens (including phenoxy) is 1. The average molecular weight is 388 g/mol. The largest absolute Gasteiger partial charge is 0.379 e. The highest BCUT2D eigenvalue weighted by atomic mass is 16.5. The molecular weight excluding hydrogens is 364 g/mol. The number of benzene rings is 1. The van der Waals surface area contributed by atoms with E-state index in [-0.39, 0.29) is 16.7 Å². The Bertz CT molecular complexity index is 1130. The number of amides is 1. The van der Waals surface area contributed by atoms with E-state index >= 15 is 0 Å². The molecule has 1 spiro atoms. The summed E-state index contributed by atoms with van der Waals surface area (Å²) in [4.78, 5) is 19.6. The van der Waals surface area contributed by atoms with Crippen LogP contribution < -0.4 is 0 Å². The molecule has 1 atom stereocenters. The Morgan fingerprint density at radius 2 is 1.97 bits per heavy atom. The molecule has 3 aliphatic rings. The van der Waals surface area contributed by atoms with E-state index in [2.05, 4.69) is 32.8 Å². The molecule has 1 aromatic carbocycles. The van der Waals surface area contributed by atoms with E-state index in [4.69, 9.17) is 9.84 Å². The highest BCUT2D eigenvalue weighted by Crippen LogP contribution is 2.45. The van der Waals surface area contributed by atoms with Gasteiger partial charge in [0, 0.05) is 47.9 Å². The first kappa shape index (κ1) is 17.2. The molecule has 29 heavy (non-hydrogen) atoms. The molecule has 1 amide bonds. The van der Waals surface area contributed by atoms with Crippen molar-refractivity contribution in [2.45, 2.75) is 31.7 Å². The lowest BCUT2D eigenvalue weighted by Crippen LogP contribution is -2.53. The highest BCUT2D eigenvalue weighted by molar-refractivity contribution is 5.84. The monoisotopic (exact) mass is 388 g/mol. The first-order valence-electron chi connectivity index (χ1n) is 10.4. The Morgan fingerprint density at radius 3 is 2.79 bits per heavy atom. The van der Waals surface area contributed by atoms with Gasteiger partial charge in [-0.25, -0.2) is 0 Å². The molecule has 2 fully saturated rings. The van der Waals surface area contributed by atoms with E-state index in [1.54, 1.807) is 0 Å².